The van der Waals surface area contributed by atoms with Gasteiger partial charge in [0.15, 0.2) is 0 Å². The minimum absolute atomic E-state index is 0.147. The van der Waals surface area contributed by atoms with Gasteiger partial charge in [-0.1, -0.05) is 0 Å². The van der Waals surface area contributed by atoms with E-state index in [9.17, 15) is 9.18 Å². The van der Waals surface area contributed by atoms with Crippen molar-refractivity contribution in [2.45, 2.75) is 13.0 Å². The summed E-state index contributed by atoms with van der Waals surface area (Å²) >= 11 is 0. The molecule has 3 N–H and O–H groups in total. The van der Waals surface area contributed by atoms with Gasteiger partial charge in [-0.2, -0.15) is 0 Å². The number of nitrogens with two attached hydrogens (primary N) is 1. The Hall–Kier alpha value is -1.49. The molecule has 1 atom stereocenters. The molecular weight excluding hydrogens is 175 g/mol. The molecule has 0 aliphatic rings. The highest BCUT2D eigenvalue weighted by atomic mass is 19.1. The van der Waals surface area contributed by atoms with Crippen molar-refractivity contribution in [1.29, 1.82) is 0 Å². The quantitative estimate of drug-likeness (QED) is 0.706. The molecule has 0 aliphatic heterocycles. The first kappa shape index (κ1) is 9.60. The third-order valence-electron chi connectivity index (χ3n) is 1.63. The van der Waals surface area contributed by atoms with Crippen LogP contribution in [0, 0.1) is 12.7 Å². The molecule has 0 saturated carbocycles. The fourth-order valence-corrected chi connectivity index (χ4v) is 0.863. The fourth-order valence-electron chi connectivity index (χ4n) is 0.863. The predicted octanol–water partition coefficient (Wildman–Crippen LogP) is 0.614. The molecule has 4 nitrogen and oxygen atoms in total. The van der Waals surface area contributed by atoms with E-state index >= 15 is 0 Å². The van der Waals surface area contributed by atoms with E-state index in [2.05, 4.69) is 4.98 Å². The van der Waals surface area contributed by atoms with E-state index in [1.807, 2.05) is 0 Å². The maximum absolute atomic E-state index is 12.7. The Balaban J connectivity index is 3.03. The van der Waals surface area contributed by atoms with Crippen molar-refractivity contribution in [3.8, 4) is 0 Å². The molecule has 13 heavy (non-hydrogen) atoms. The van der Waals surface area contributed by atoms with E-state index in [1.165, 1.54) is 13.0 Å². The minimum Gasteiger partial charge on any atom is -0.480 e. The number of carbonyl (C=O) groups is 1. The number of pyridine rings is 1. The molecule has 1 aromatic heterocycles. The van der Waals surface area contributed by atoms with Crippen molar-refractivity contribution in [3.05, 3.63) is 29.3 Å². The first-order chi connectivity index (χ1) is 6.02. The van der Waals surface area contributed by atoms with Crippen molar-refractivity contribution in [1.82, 2.24) is 4.98 Å². The molecule has 0 bridgehead atoms. The van der Waals surface area contributed by atoms with E-state index in [0.29, 0.717) is 0 Å². The lowest BCUT2D eigenvalue weighted by molar-refractivity contribution is -0.138. The average molecular weight is 184 g/mol. The molecule has 0 spiro atoms. The molecular formula is C8H9FN2O2. The fraction of sp³-hybridized carbons (Fsp3) is 0.250. The maximum atomic E-state index is 12.7. The van der Waals surface area contributed by atoms with Crippen molar-refractivity contribution < 1.29 is 14.3 Å². The minimum atomic E-state index is -1.20. The normalized spacial score (nSPS) is 12.5. The molecule has 1 aromatic rings. The highest BCUT2D eigenvalue weighted by Crippen LogP contribution is 2.10. The zero-order valence-corrected chi connectivity index (χ0v) is 6.99. The Labute approximate surface area is 74.2 Å². The highest BCUT2D eigenvalue weighted by Gasteiger charge is 2.16. The number of hydrogen-bond donors (Lipinski definition) is 2. The van der Waals surface area contributed by atoms with Crippen LogP contribution in [0.25, 0.3) is 0 Å². The summed E-state index contributed by atoms with van der Waals surface area (Å²) in [5, 5.41) is 8.54. The van der Waals surface area contributed by atoms with Gasteiger partial charge in [0, 0.05) is 0 Å². The number of carboxylic acid groups (broad SMARTS) is 1. The van der Waals surface area contributed by atoms with Crippen LogP contribution in [-0.4, -0.2) is 16.1 Å². The topological polar surface area (TPSA) is 76.2 Å². The second-order valence-corrected chi connectivity index (χ2v) is 2.62. The van der Waals surface area contributed by atoms with Gasteiger partial charge in [0.05, 0.1) is 11.4 Å². The number of aryl methyl sites for hydroxylation is 1. The first-order valence-electron chi connectivity index (χ1n) is 3.64. The number of carboxylic acids is 1. The number of aliphatic carboxylic acids is 1. The van der Waals surface area contributed by atoms with Gasteiger partial charge in [-0.05, 0) is 19.1 Å². The SMILES string of the molecule is Cc1nc(C(N)C(=O)O)ccc1F. The molecule has 5 heteroatoms. The zero-order chi connectivity index (χ0) is 10.0. The smallest absolute Gasteiger partial charge is 0.326 e. The number of halogens is 1. The zero-order valence-electron chi connectivity index (χ0n) is 6.99. The highest BCUT2D eigenvalue weighted by molar-refractivity contribution is 5.74. The number of rotatable bonds is 2. The third kappa shape index (κ3) is 2.00. The van der Waals surface area contributed by atoms with Crippen molar-refractivity contribution in [2.75, 3.05) is 0 Å². The standard InChI is InChI=1S/C8H9FN2O2/c1-4-5(9)2-3-6(11-4)7(10)8(12)13/h2-3,7H,10H2,1H3,(H,12,13). The molecule has 70 valence electrons. The van der Waals surface area contributed by atoms with Gasteiger partial charge in [0.25, 0.3) is 0 Å². The second-order valence-electron chi connectivity index (χ2n) is 2.62. The lowest BCUT2D eigenvalue weighted by Gasteiger charge is -2.06. The monoisotopic (exact) mass is 184 g/mol. The van der Waals surface area contributed by atoms with Crippen LogP contribution in [0.2, 0.25) is 0 Å². The summed E-state index contributed by atoms with van der Waals surface area (Å²) in [5.41, 5.74) is 5.58. The molecule has 1 unspecified atom stereocenters. The van der Waals surface area contributed by atoms with Crippen LogP contribution in [0.5, 0.6) is 0 Å². The summed E-state index contributed by atoms with van der Waals surface area (Å²) in [6, 6.07) is 1.22. The Kier molecular flexibility index (Phi) is 2.57. The molecule has 0 aromatic carbocycles. The largest absolute Gasteiger partial charge is 0.480 e. The van der Waals surface area contributed by atoms with Gasteiger partial charge in [-0.15, -0.1) is 0 Å². The number of aromatic nitrogens is 1. The molecule has 0 radical (unpaired) electrons. The molecule has 0 amide bonds. The van der Waals surface area contributed by atoms with Crippen LogP contribution in [0.3, 0.4) is 0 Å². The van der Waals surface area contributed by atoms with Gasteiger partial charge < -0.3 is 10.8 Å². The van der Waals surface area contributed by atoms with Crippen molar-refractivity contribution in [2.24, 2.45) is 5.73 Å². The summed E-state index contributed by atoms with van der Waals surface area (Å²) in [7, 11) is 0. The third-order valence-corrected chi connectivity index (χ3v) is 1.63. The van der Waals surface area contributed by atoms with Crippen molar-refractivity contribution >= 4 is 5.97 Å². The number of nitrogens with zero attached hydrogens (tertiary/aromatic N) is 1. The van der Waals surface area contributed by atoms with E-state index < -0.39 is 17.8 Å². The maximum Gasteiger partial charge on any atom is 0.326 e. The second kappa shape index (κ2) is 3.49. The van der Waals surface area contributed by atoms with Crippen LogP contribution in [0.1, 0.15) is 17.4 Å². The Morgan fingerprint density at radius 3 is 2.77 bits per heavy atom. The van der Waals surface area contributed by atoms with Crippen LogP contribution in [0.4, 0.5) is 4.39 Å². The molecule has 1 heterocycles. The van der Waals surface area contributed by atoms with Crippen LogP contribution in [-0.2, 0) is 4.79 Å². The first-order valence-corrected chi connectivity index (χ1v) is 3.64. The van der Waals surface area contributed by atoms with Gasteiger partial charge in [0.2, 0.25) is 0 Å². The van der Waals surface area contributed by atoms with E-state index in [4.69, 9.17) is 10.8 Å². The molecule has 0 aliphatic carbocycles. The van der Waals surface area contributed by atoms with E-state index in [1.54, 1.807) is 0 Å². The van der Waals surface area contributed by atoms with Gasteiger partial charge in [-0.25, -0.2) is 4.39 Å². The summed E-state index contributed by atoms with van der Waals surface area (Å²) in [5.74, 6) is -1.65. The summed E-state index contributed by atoms with van der Waals surface area (Å²) in [4.78, 5) is 14.2. The summed E-state index contributed by atoms with van der Waals surface area (Å²) in [6.45, 7) is 1.45. The Morgan fingerprint density at radius 1 is 1.69 bits per heavy atom. The van der Waals surface area contributed by atoms with Crippen molar-refractivity contribution in [3.63, 3.8) is 0 Å². The Morgan fingerprint density at radius 2 is 2.31 bits per heavy atom. The summed E-state index contributed by atoms with van der Waals surface area (Å²) in [6.07, 6.45) is 0. The lowest BCUT2D eigenvalue weighted by Crippen LogP contribution is -2.22. The van der Waals surface area contributed by atoms with Crippen LogP contribution < -0.4 is 5.73 Å². The van der Waals surface area contributed by atoms with E-state index in [0.717, 1.165) is 6.07 Å². The van der Waals surface area contributed by atoms with E-state index in [-0.39, 0.29) is 11.4 Å². The van der Waals surface area contributed by atoms with Gasteiger partial charge >= 0.3 is 5.97 Å². The summed E-state index contributed by atoms with van der Waals surface area (Å²) < 4.78 is 12.7. The predicted molar refractivity (Wildman–Crippen MR) is 43.5 cm³/mol. The van der Waals surface area contributed by atoms with Gasteiger partial charge in [-0.3, -0.25) is 9.78 Å². The molecule has 1 rings (SSSR count). The lowest BCUT2D eigenvalue weighted by atomic mass is 10.2. The van der Waals surface area contributed by atoms with Crippen LogP contribution >= 0.6 is 0 Å². The molecule has 0 fully saturated rings. The average Bonchev–Trinajstić information content (AvgIpc) is 2.08. The van der Waals surface area contributed by atoms with Crippen LogP contribution in [0.15, 0.2) is 12.1 Å². The van der Waals surface area contributed by atoms with Gasteiger partial charge in [0.1, 0.15) is 11.9 Å². The molecule has 0 saturated heterocycles. The number of hydrogen-bond acceptors (Lipinski definition) is 3. The Bertz CT molecular complexity index is 341.